The average molecular weight is 154 g/mol. The van der Waals surface area contributed by atoms with E-state index in [9.17, 15) is 0 Å². The van der Waals surface area contributed by atoms with Crippen LogP contribution in [0.15, 0.2) is 0 Å². The number of hydrogen-bond donors (Lipinski definition) is 0. The third kappa shape index (κ3) is 1.60. The van der Waals surface area contributed by atoms with Crippen LogP contribution in [0.3, 0.4) is 0 Å². The van der Waals surface area contributed by atoms with Gasteiger partial charge in [-0.25, -0.2) is 0 Å². The molecule has 0 aromatic heterocycles. The number of rotatable bonds is 3. The lowest BCUT2D eigenvalue weighted by Crippen LogP contribution is -2.10. The predicted octanol–water partition coefficient (Wildman–Crippen LogP) is 3.71. The predicted molar refractivity (Wildman–Crippen MR) is 50.5 cm³/mol. The molecular formula is C11H22. The fourth-order valence-corrected chi connectivity index (χ4v) is 2.14. The van der Waals surface area contributed by atoms with E-state index < -0.39 is 0 Å². The van der Waals surface area contributed by atoms with E-state index in [0.29, 0.717) is 5.41 Å². The van der Waals surface area contributed by atoms with Gasteiger partial charge in [0.1, 0.15) is 0 Å². The van der Waals surface area contributed by atoms with Gasteiger partial charge in [-0.05, 0) is 29.6 Å². The maximum Gasteiger partial charge on any atom is -0.0294 e. The van der Waals surface area contributed by atoms with Crippen molar-refractivity contribution in [1.29, 1.82) is 0 Å². The zero-order valence-corrected chi connectivity index (χ0v) is 8.65. The lowest BCUT2D eigenvalue weighted by Gasteiger charge is -2.18. The van der Waals surface area contributed by atoms with Crippen LogP contribution < -0.4 is 0 Å². The van der Waals surface area contributed by atoms with Gasteiger partial charge in [-0.15, -0.1) is 0 Å². The zero-order chi connectivity index (χ0) is 8.65. The molecule has 0 saturated heterocycles. The molecule has 0 bridgehead atoms. The van der Waals surface area contributed by atoms with E-state index in [4.69, 9.17) is 0 Å². The molecule has 1 aliphatic rings. The molecule has 0 aliphatic heterocycles. The van der Waals surface area contributed by atoms with Crippen LogP contribution >= 0.6 is 0 Å². The Labute approximate surface area is 71.4 Å². The van der Waals surface area contributed by atoms with E-state index in [2.05, 4.69) is 34.6 Å². The molecular weight excluding hydrogens is 132 g/mol. The summed E-state index contributed by atoms with van der Waals surface area (Å²) in [4.78, 5) is 0. The fourth-order valence-electron chi connectivity index (χ4n) is 2.14. The van der Waals surface area contributed by atoms with Crippen molar-refractivity contribution in [1.82, 2.24) is 0 Å². The van der Waals surface area contributed by atoms with Crippen LogP contribution in [0.4, 0.5) is 0 Å². The summed E-state index contributed by atoms with van der Waals surface area (Å²) < 4.78 is 0. The molecule has 1 fully saturated rings. The monoisotopic (exact) mass is 154 g/mol. The largest absolute Gasteiger partial charge is 0.0649 e. The standard InChI is InChI=1S/C11H22/c1-6-11(5)7-10(11)9(4)8(2)3/h8-10H,6-7H2,1-5H3. The molecule has 0 heteroatoms. The molecule has 0 radical (unpaired) electrons. The SMILES string of the molecule is CCC1(C)CC1C(C)C(C)C. The Morgan fingerprint density at radius 3 is 2.18 bits per heavy atom. The van der Waals surface area contributed by atoms with Gasteiger partial charge in [0.2, 0.25) is 0 Å². The normalized spacial score (nSPS) is 39.3. The molecule has 3 unspecified atom stereocenters. The molecule has 0 nitrogen and oxygen atoms in total. The van der Waals surface area contributed by atoms with Gasteiger partial charge in [0.05, 0.1) is 0 Å². The van der Waals surface area contributed by atoms with Crippen molar-refractivity contribution in [2.75, 3.05) is 0 Å². The Kier molecular flexibility index (Phi) is 2.32. The van der Waals surface area contributed by atoms with Crippen molar-refractivity contribution in [3.8, 4) is 0 Å². The smallest absolute Gasteiger partial charge is 0.0294 e. The van der Waals surface area contributed by atoms with Gasteiger partial charge in [0.15, 0.2) is 0 Å². The summed E-state index contributed by atoms with van der Waals surface area (Å²) in [6, 6.07) is 0. The Bertz CT molecular complexity index is 137. The minimum atomic E-state index is 0.712. The van der Waals surface area contributed by atoms with Gasteiger partial charge in [-0.3, -0.25) is 0 Å². The average Bonchev–Trinajstić information content (AvgIpc) is 2.62. The Hall–Kier alpha value is 0. The Morgan fingerprint density at radius 1 is 1.36 bits per heavy atom. The van der Waals surface area contributed by atoms with Gasteiger partial charge in [-0.2, -0.15) is 0 Å². The molecule has 0 aromatic carbocycles. The molecule has 0 aromatic rings. The van der Waals surface area contributed by atoms with E-state index in [1.54, 1.807) is 0 Å². The Balaban J connectivity index is 2.42. The molecule has 1 rings (SSSR count). The van der Waals surface area contributed by atoms with Gasteiger partial charge in [0.25, 0.3) is 0 Å². The molecule has 0 N–H and O–H groups in total. The summed E-state index contributed by atoms with van der Waals surface area (Å²) in [5.74, 6) is 2.82. The second-order valence-corrected chi connectivity index (χ2v) is 4.92. The summed E-state index contributed by atoms with van der Waals surface area (Å²) in [5, 5.41) is 0. The highest BCUT2D eigenvalue weighted by Crippen LogP contribution is 2.59. The van der Waals surface area contributed by atoms with E-state index in [-0.39, 0.29) is 0 Å². The molecule has 0 heterocycles. The first-order valence-electron chi connectivity index (χ1n) is 5.01. The quantitative estimate of drug-likeness (QED) is 0.581. The van der Waals surface area contributed by atoms with Crippen molar-refractivity contribution < 1.29 is 0 Å². The van der Waals surface area contributed by atoms with Crippen molar-refractivity contribution in [2.24, 2.45) is 23.2 Å². The summed E-state index contributed by atoms with van der Waals surface area (Å²) in [6.45, 7) is 11.9. The molecule has 3 atom stereocenters. The molecule has 1 aliphatic carbocycles. The maximum atomic E-state index is 2.44. The number of hydrogen-bond acceptors (Lipinski definition) is 0. The van der Waals surface area contributed by atoms with Crippen LogP contribution in [0.2, 0.25) is 0 Å². The molecule has 1 saturated carbocycles. The van der Waals surface area contributed by atoms with Crippen LogP contribution in [0.5, 0.6) is 0 Å². The van der Waals surface area contributed by atoms with Crippen LogP contribution in [-0.4, -0.2) is 0 Å². The van der Waals surface area contributed by atoms with Gasteiger partial charge in [-0.1, -0.05) is 41.0 Å². The minimum Gasteiger partial charge on any atom is -0.0649 e. The van der Waals surface area contributed by atoms with E-state index in [1.165, 1.54) is 12.8 Å². The van der Waals surface area contributed by atoms with Crippen LogP contribution in [0, 0.1) is 23.2 Å². The third-order valence-electron chi connectivity index (χ3n) is 3.92. The fraction of sp³-hybridized carbons (Fsp3) is 1.00. The molecule has 0 spiro atoms. The van der Waals surface area contributed by atoms with Crippen LogP contribution in [-0.2, 0) is 0 Å². The summed E-state index contributed by atoms with van der Waals surface area (Å²) in [6.07, 6.45) is 2.84. The van der Waals surface area contributed by atoms with Crippen molar-refractivity contribution in [3.05, 3.63) is 0 Å². The first-order valence-corrected chi connectivity index (χ1v) is 5.01. The van der Waals surface area contributed by atoms with Gasteiger partial charge < -0.3 is 0 Å². The minimum absolute atomic E-state index is 0.712. The molecule has 66 valence electrons. The molecule has 11 heavy (non-hydrogen) atoms. The highest BCUT2D eigenvalue weighted by molar-refractivity contribution is 5.00. The first kappa shape index (κ1) is 9.09. The van der Waals surface area contributed by atoms with E-state index in [1.807, 2.05) is 0 Å². The lowest BCUT2D eigenvalue weighted by molar-refractivity contribution is 0.313. The summed E-state index contributed by atoms with van der Waals surface area (Å²) in [7, 11) is 0. The second-order valence-electron chi connectivity index (χ2n) is 4.92. The van der Waals surface area contributed by atoms with Crippen LogP contribution in [0.25, 0.3) is 0 Å². The Morgan fingerprint density at radius 2 is 1.91 bits per heavy atom. The van der Waals surface area contributed by atoms with E-state index in [0.717, 1.165) is 17.8 Å². The first-order chi connectivity index (χ1) is 5.01. The van der Waals surface area contributed by atoms with Crippen molar-refractivity contribution in [2.45, 2.75) is 47.5 Å². The summed E-state index contributed by atoms with van der Waals surface area (Å²) >= 11 is 0. The van der Waals surface area contributed by atoms with Gasteiger partial charge in [0, 0.05) is 0 Å². The van der Waals surface area contributed by atoms with Crippen molar-refractivity contribution in [3.63, 3.8) is 0 Å². The third-order valence-corrected chi connectivity index (χ3v) is 3.92. The van der Waals surface area contributed by atoms with Gasteiger partial charge >= 0.3 is 0 Å². The highest BCUT2D eigenvalue weighted by atomic mass is 14.6. The highest BCUT2D eigenvalue weighted by Gasteiger charge is 2.51. The summed E-state index contributed by atoms with van der Waals surface area (Å²) in [5.41, 5.74) is 0.712. The lowest BCUT2D eigenvalue weighted by atomic mass is 9.88. The topological polar surface area (TPSA) is 0 Å². The zero-order valence-electron chi connectivity index (χ0n) is 8.65. The molecule has 0 amide bonds. The van der Waals surface area contributed by atoms with E-state index >= 15 is 0 Å². The maximum absolute atomic E-state index is 2.44. The van der Waals surface area contributed by atoms with Crippen molar-refractivity contribution >= 4 is 0 Å². The second kappa shape index (κ2) is 2.80. The van der Waals surface area contributed by atoms with Crippen LogP contribution in [0.1, 0.15) is 47.5 Å².